The topological polar surface area (TPSA) is 55.6 Å². The standard InChI is InChI=1S/C29H33F2N3O2/c1-18(2)23-6-5-7-24(19(3)4)29(23)34-17-20(8-11-27(34)35)28(25-10-9-21(30)16-26(25)31)33-36-22-12-14-32-15-13-22/h5-11,16-19,22,32H,12-15H2,1-4H3/b33-28-. The number of benzene rings is 2. The molecule has 2 aromatic carbocycles. The number of rotatable bonds is 7. The molecule has 1 aliphatic rings. The average Bonchev–Trinajstić information content (AvgIpc) is 2.86. The maximum absolute atomic E-state index is 14.9. The molecule has 7 heteroatoms. The molecule has 0 atom stereocenters. The molecule has 0 spiro atoms. The molecule has 0 radical (unpaired) electrons. The molecular formula is C29H33F2N3O2. The maximum Gasteiger partial charge on any atom is 0.255 e. The van der Waals surface area contributed by atoms with Crippen molar-refractivity contribution in [2.45, 2.75) is 58.5 Å². The van der Waals surface area contributed by atoms with Crippen LogP contribution >= 0.6 is 0 Å². The molecular weight excluding hydrogens is 460 g/mol. The Kier molecular flexibility index (Phi) is 7.99. The van der Waals surface area contributed by atoms with Crippen molar-refractivity contribution in [2.24, 2.45) is 5.16 Å². The predicted octanol–water partition coefficient (Wildman–Crippen LogP) is 5.88. The summed E-state index contributed by atoms with van der Waals surface area (Å²) in [6, 6.07) is 12.5. The molecule has 36 heavy (non-hydrogen) atoms. The number of hydrogen-bond donors (Lipinski definition) is 1. The van der Waals surface area contributed by atoms with Crippen LogP contribution in [0.3, 0.4) is 0 Å². The van der Waals surface area contributed by atoms with E-state index in [1.807, 2.05) is 18.2 Å². The van der Waals surface area contributed by atoms with Gasteiger partial charge in [-0.15, -0.1) is 0 Å². The van der Waals surface area contributed by atoms with E-state index in [1.54, 1.807) is 16.8 Å². The van der Waals surface area contributed by atoms with Gasteiger partial charge in [0.2, 0.25) is 0 Å². The van der Waals surface area contributed by atoms with Crippen LogP contribution in [0.4, 0.5) is 8.78 Å². The van der Waals surface area contributed by atoms with Gasteiger partial charge in [0.25, 0.3) is 5.56 Å². The van der Waals surface area contributed by atoms with Crippen molar-refractivity contribution in [2.75, 3.05) is 13.1 Å². The molecule has 0 aliphatic carbocycles. The number of para-hydroxylation sites is 1. The first-order chi connectivity index (χ1) is 17.3. The van der Waals surface area contributed by atoms with Crippen LogP contribution in [0, 0.1) is 11.6 Å². The van der Waals surface area contributed by atoms with Crippen LogP contribution in [0.1, 0.15) is 74.6 Å². The lowest BCUT2D eigenvalue weighted by atomic mass is 9.92. The molecule has 0 saturated carbocycles. The molecule has 2 heterocycles. The van der Waals surface area contributed by atoms with Crippen molar-refractivity contribution in [1.82, 2.24) is 9.88 Å². The lowest BCUT2D eigenvalue weighted by Crippen LogP contribution is -2.31. The monoisotopic (exact) mass is 493 g/mol. The minimum Gasteiger partial charge on any atom is -0.392 e. The second-order valence-electron chi connectivity index (χ2n) is 9.84. The molecule has 4 rings (SSSR count). The number of halogens is 2. The molecule has 1 aliphatic heterocycles. The largest absolute Gasteiger partial charge is 0.392 e. The second kappa shape index (κ2) is 11.2. The van der Waals surface area contributed by atoms with Gasteiger partial charge in [0.05, 0.1) is 5.69 Å². The molecule has 190 valence electrons. The third kappa shape index (κ3) is 5.57. The van der Waals surface area contributed by atoms with Gasteiger partial charge in [-0.25, -0.2) is 8.78 Å². The van der Waals surface area contributed by atoms with Gasteiger partial charge >= 0.3 is 0 Å². The Hall–Kier alpha value is -3.32. The Labute approximate surface area is 210 Å². The van der Waals surface area contributed by atoms with E-state index in [2.05, 4.69) is 38.2 Å². The number of piperidine rings is 1. The first kappa shape index (κ1) is 25.8. The van der Waals surface area contributed by atoms with Crippen LogP contribution in [0.15, 0.2) is 64.7 Å². The molecule has 0 unspecified atom stereocenters. The zero-order chi connectivity index (χ0) is 25.8. The zero-order valence-electron chi connectivity index (χ0n) is 21.2. The number of hydrogen-bond acceptors (Lipinski definition) is 4. The summed E-state index contributed by atoms with van der Waals surface area (Å²) in [5.74, 6) is -1.06. The number of aromatic nitrogens is 1. The first-order valence-electron chi connectivity index (χ1n) is 12.5. The highest BCUT2D eigenvalue weighted by molar-refractivity contribution is 6.12. The van der Waals surface area contributed by atoms with Crippen LogP contribution in [-0.4, -0.2) is 29.5 Å². The Morgan fingerprint density at radius 1 is 1.00 bits per heavy atom. The Bertz CT molecular complexity index is 1280. The summed E-state index contributed by atoms with van der Waals surface area (Å²) in [6.07, 6.45) is 3.14. The van der Waals surface area contributed by atoms with Gasteiger partial charge in [0.1, 0.15) is 23.5 Å². The zero-order valence-corrected chi connectivity index (χ0v) is 21.2. The summed E-state index contributed by atoms with van der Waals surface area (Å²) >= 11 is 0. The summed E-state index contributed by atoms with van der Waals surface area (Å²) in [5, 5.41) is 7.64. The summed E-state index contributed by atoms with van der Waals surface area (Å²) in [7, 11) is 0. The molecule has 1 aromatic heterocycles. The number of pyridine rings is 1. The summed E-state index contributed by atoms with van der Waals surface area (Å²) in [5.41, 5.74) is 3.53. The fraction of sp³-hybridized carbons (Fsp3) is 0.379. The van der Waals surface area contributed by atoms with Crippen molar-refractivity contribution in [3.05, 3.63) is 99.0 Å². The lowest BCUT2D eigenvalue weighted by Gasteiger charge is -2.22. The number of oxime groups is 1. The molecule has 5 nitrogen and oxygen atoms in total. The second-order valence-corrected chi connectivity index (χ2v) is 9.84. The summed E-state index contributed by atoms with van der Waals surface area (Å²) in [4.78, 5) is 19.0. The third-order valence-corrected chi connectivity index (χ3v) is 6.53. The van der Waals surface area contributed by atoms with Gasteiger partial charge in [-0.05, 0) is 67.1 Å². The van der Waals surface area contributed by atoms with E-state index in [4.69, 9.17) is 4.84 Å². The molecule has 0 amide bonds. The fourth-order valence-corrected chi connectivity index (χ4v) is 4.56. The first-order valence-corrected chi connectivity index (χ1v) is 12.5. The number of nitrogens with zero attached hydrogens (tertiary/aromatic N) is 2. The maximum atomic E-state index is 14.9. The van der Waals surface area contributed by atoms with E-state index in [1.165, 1.54) is 18.2 Å². The molecule has 3 aromatic rings. The van der Waals surface area contributed by atoms with Crippen LogP contribution in [0.2, 0.25) is 0 Å². The van der Waals surface area contributed by atoms with Crippen LogP contribution in [0.25, 0.3) is 5.69 Å². The lowest BCUT2D eigenvalue weighted by molar-refractivity contribution is 0.0378. The normalized spacial score (nSPS) is 15.1. The fourth-order valence-electron chi connectivity index (χ4n) is 4.56. The van der Waals surface area contributed by atoms with E-state index >= 15 is 0 Å². The van der Waals surface area contributed by atoms with Crippen LogP contribution < -0.4 is 10.9 Å². The van der Waals surface area contributed by atoms with Gasteiger partial charge in [-0.1, -0.05) is 51.0 Å². The van der Waals surface area contributed by atoms with Crippen molar-refractivity contribution in [3.8, 4) is 5.69 Å². The highest BCUT2D eigenvalue weighted by Crippen LogP contribution is 2.30. The van der Waals surface area contributed by atoms with Crippen molar-refractivity contribution >= 4 is 5.71 Å². The molecule has 1 saturated heterocycles. The van der Waals surface area contributed by atoms with Crippen LogP contribution in [-0.2, 0) is 4.84 Å². The highest BCUT2D eigenvalue weighted by atomic mass is 19.1. The summed E-state index contributed by atoms with van der Waals surface area (Å²) in [6.45, 7) is 9.98. The Balaban J connectivity index is 1.89. The average molecular weight is 494 g/mol. The van der Waals surface area contributed by atoms with E-state index in [-0.39, 0.29) is 34.8 Å². The van der Waals surface area contributed by atoms with Crippen molar-refractivity contribution < 1.29 is 13.6 Å². The third-order valence-electron chi connectivity index (χ3n) is 6.53. The molecule has 1 N–H and O–H groups in total. The van der Waals surface area contributed by atoms with Gasteiger partial charge in [0, 0.05) is 29.5 Å². The molecule has 0 bridgehead atoms. The predicted molar refractivity (Wildman–Crippen MR) is 139 cm³/mol. The van der Waals surface area contributed by atoms with Gasteiger partial charge in [-0.2, -0.15) is 0 Å². The van der Waals surface area contributed by atoms with Gasteiger partial charge in [0.15, 0.2) is 0 Å². The minimum absolute atomic E-state index is 0.107. The van der Waals surface area contributed by atoms with E-state index < -0.39 is 11.6 Å². The summed E-state index contributed by atoms with van der Waals surface area (Å²) < 4.78 is 30.3. The van der Waals surface area contributed by atoms with E-state index in [9.17, 15) is 13.6 Å². The quantitative estimate of drug-likeness (QED) is 0.330. The SMILES string of the molecule is CC(C)c1cccc(C(C)C)c1-n1cc(/C(=N/OC2CCNCC2)c2ccc(F)cc2F)ccc1=O. The Morgan fingerprint density at radius 3 is 2.28 bits per heavy atom. The van der Waals surface area contributed by atoms with Gasteiger partial charge < -0.3 is 10.2 Å². The van der Waals surface area contributed by atoms with Crippen LogP contribution in [0.5, 0.6) is 0 Å². The number of nitrogens with one attached hydrogen (secondary N) is 1. The highest BCUT2D eigenvalue weighted by Gasteiger charge is 2.21. The van der Waals surface area contributed by atoms with Crippen molar-refractivity contribution in [1.29, 1.82) is 0 Å². The van der Waals surface area contributed by atoms with E-state index in [0.29, 0.717) is 5.56 Å². The smallest absolute Gasteiger partial charge is 0.255 e. The molecule has 1 fully saturated rings. The van der Waals surface area contributed by atoms with Crippen molar-refractivity contribution in [3.63, 3.8) is 0 Å². The van der Waals surface area contributed by atoms with E-state index in [0.717, 1.165) is 48.8 Å². The minimum atomic E-state index is -0.745. The Morgan fingerprint density at radius 2 is 1.67 bits per heavy atom. The van der Waals surface area contributed by atoms with Gasteiger partial charge in [-0.3, -0.25) is 9.36 Å².